The van der Waals surface area contributed by atoms with Crippen molar-refractivity contribution in [2.24, 2.45) is 0 Å². The number of nitrogens with zero attached hydrogens (tertiary/aromatic N) is 2. The van der Waals surface area contributed by atoms with Crippen LogP contribution in [0.5, 0.6) is 0 Å². The fourth-order valence-electron chi connectivity index (χ4n) is 3.02. The van der Waals surface area contributed by atoms with Gasteiger partial charge in [0.05, 0.1) is 6.10 Å². The molecule has 2 saturated heterocycles. The summed E-state index contributed by atoms with van der Waals surface area (Å²) in [6.07, 6.45) is 2.40. The zero-order valence-corrected chi connectivity index (χ0v) is 13.1. The number of ether oxygens (including phenoxy) is 1. The number of carbonyl (C=O) groups excluding carboxylic acids is 1. The third-order valence-corrected chi connectivity index (χ3v) is 4.14. The Labute approximate surface area is 126 Å². The molecule has 7 nitrogen and oxygen atoms in total. The highest BCUT2D eigenvalue weighted by atomic mass is 16.5. The highest BCUT2D eigenvalue weighted by molar-refractivity contribution is 5.73. The molecule has 0 aromatic carbocycles. The fraction of sp³-hybridized carbons (Fsp3) is 0.857. The summed E-state index contributed by atoms with van der Waals surface area (Å²) in [6.45, 7) is 5.22. The molecule has 2 fully saturated rings. The van der Waals surface area contributed by atoms with Crippen LogP contribution in [0.25, 0.3) is 0 Å². The molecule has 0 aromatic heterocycles. The summed E-state index contributed by atoms with van der Waals surface area (Å²) >= 11 is 0. The van der Waals surface area contributed by atoms with E-state index in [-0.39, 0.29) is 12.4 Å². The molecule has 2 aliphatic heterocycles. The maximum atomic E-state index is 11.3. The molecule has 0 aromatic rings. The number of piperidine rings is 1. The van der Waals surface area contributed by atoms with Gasteiger partial charge in [-0.25, -0.2) is 0 Å². The van der Waals surface area contributed by atoms with Crippen molar-refractivity contribution in [1.82, 2.24) is 15.1 Å². The van der Waals surface area contributed by atoms with Crippen LogP contribution in [0.3, 0.4) is 0 Å². The number of hydrogen-bond donors (Lipinski definition) is 2. The standard InChI is InChI=1S/C13H25N3O2.CH2O2/c1-10(17)16-6-4-11(5-7-16)14-12-8-15(2)9-13(12)18-3;2-1-3/h11-14H,4-9H2,1-3H3;1H,(H,2,3)/t12-,13-;/m0./s1. The zero-order chi connectivity index (χ0) is 15.8. The smallest absolute Gasteiger partial charge is 0.290 e. The maximum absolute atomic E-state index is 11.3. The first-order chi connectivity index (χ1) is 10.0. The van der Waals surface area contributed by atoms with Crippen LogP contribution in [0.2, 0.25) is 0 Å². The summed E-state index contributed by atoms with van der Waals surface area (Å²) in [5.41, 5.74) is 0. The second kappa shape index (κ2) is 8.96. The summed E-state index contributed by atoms with van der Waals surface area (Å²) in [5, 5.41) is 10.6. The summed E-state index contributed by atoms with van der Waals surface area (Å²) in [5.74, 6) is 0.198. The van der Waals surface area contributed by atoms with Gasteiger partial charge in [0, 0.05) is 52.3 Å². The minimum Gasteiger partial charge on any atom is -0.483 e. The normalized spacial score (nSPS) is 27.1. The van der Waals surface area contributed by atoms with E-state index >= 15 is 0 Å². The lowest BCUT2D eigenvalue weighted by Gasteiger charge is -2.34. The van der Waals surface area contributed by atoms with Crippen molar-refractivity contribution in [3.63, 3.8) is 0 Å². The number of amides is 1. The Bertz CT molecular complexity index is 332. The minimum atomic E-state index is -0.250. The van der Waals surface area contributed by atoms with Gasteiger partial charge in [0.1, 0.15) is 0 Å². The lowest BCUT2D eigenvalue weighted by Crippen LogP contribution is -2.50. The molecule has 0 saturated carbocycles. The topological polar surface area (TPSA) is 82.1 Å². The van der Waals surface area contributed by atoms with E-state index in [9.17, 15) is 4.79 Å². The Morgan fingerprint density at radius 1 is 1.33 bits per heavy atom. The first-order valence-corrected chi connectivity index (χ1v) is 7.32. The molecule has 2 rings (SSSR count). The number of likely N-dealkylation sites (tertiary alicyclic amines) is 2. The van der Waals surface area contributed by atoms with Gasteiger partial charge in [0.2, 0.25) is 5.91 Å². The average molecular weight is 301 g/mol. The van der Waals surface area contributed by atoms with Gasteiger partial charge in [0.25, 0.3) is 6.47 Å². The van der Waals surface area contributed by atoms with Gasteiger partial charge in [-0.15, -0.1) is 0 Å². The van der Waals surface area contributed by atoms with Gasteiger partial charge in [-0.3, -0.25) is 9.59 Å². The molecule has 21 heavy (non-hydrogen) atoms. The molecule has 0 radical (unpaired) electrons. The number of nitrogens with one attached hydrogen (secondary N) is 1. The SMILES string of the molecule is CO[C@H]1CN(C)C[C@@H]1NC1CCN(C(C)=O)CC1.O=CO. The number of rotatable bonds is 3. The second-order valence-electron chi connectivity index (χ2n) is 5.65. The van der Waals surface area contributed by atoms with Crippen LogP contribution in [0.15, 0.2) is 0 Å². The van der Waals surface area contributed by atoms with Crippen LogP contribution in [-0.4, -0.2) is 85.8 Å². The largest absolute Gasteiger partial charge is 0.483 e. The van der Waals surface area contributed by atoms with Crippen molar-refractivity contribution < 1.29 is 19.4 Å². The Hall–Kier alpha value is -1.18. The molecule has 0 unspecified atom stereocenters. The van der Waals surface area contributed by atoms with Gasteiger partial charge >= 0.3 is 0 Å². The Morgan fingerprint density at radius 3 is 2.38 bits per heavy atom. The molecule has 122 valence electrons. The summed E-state index contributed by atoms with van der Waals surface area (Å²) in [7, 11) is 3.92. The van der Waals surface area contributed by atoms with E-state index in [4.69, 9.17) is 14.6 Å². The average Bonchev–Trinajstić information content (AvgIpc) is 2.80. The highest BCUT2D eigenvalue weighted by Gasteiger charge is 2.33. The highest BCUT2D eigenvalue weighted by Crippen LogP contribution is 2.16. The number of carbonyl (C=O) groups is 2. The zero-order valence-electron chi connectivity index (χ0n) is 13.1. The van der Waals surface area contributed by atoms with Gasteiger partial charge in [-0.1, -0.05) is 0 Å². The van der Waals surface area contributed by atoms with E-state index in [0.29, 0.717) is 18.2 Å². The number of likely N-dealkylation sites (N-methyl/N-ethyl adjacent to an activating group) is 1. The second-order valence-corrected chi connectivity index (χ2v) is 5.65. The van der Waals surface area contributed by atoms with Crippen molar-refractivity contribution >= 4 is 12.4 Å². The van der Waals surface area contributed by atoms with E-state index < -0.39 is 0 Å². The van der Waals surface area contributed by atoms with E-state index in [1.165, 1.54) is 0 Å². The van der Waals surface area contributed by atoms with E-state index in [1.807, 2.05) is 4.90 Å². The first kappa shape index (κ1) is 17.9. The molecule has 2 aliphatic rings. The number of carboxylic acid groups (broad SMARTS) is 1. The maximum Gasteiger partial charge on any atom is 0.290 e. The Morgan fingerprint density at radius 2 is 1.90 bits per heavy atom. The van der Waals surface area contributed by atoms with Crippen LogP contribution in [-0.2, 0) is 14.3 Å². The van der Waals surface area contributed by atoms with Crippen LogP contribution in [0.1, 0.15) is 19.8 Å². The molecule has 2 atom stereocenters. The van der Waals surface area contributed by atoms with Gasteiger partial charge in [-0.2, -0.15) is 0 Å². The van der Waals surface area contributed by atoms with Crippen molar-refractivity contribution in [3.05, 3.63) is 0 Å². The van der Waals surface area contributed by atoms with E-state index in [0.717, 1.165) is 39.0 Å². The predicted octanol–water partition coefficient (Wildman–Crippen LogP) is -0.383. The lowest BCUT2D eigenvalue weighted by molar-refractivity contribution is -0.130. The molecule has 1 amide bonds. The van der Waals surface area contributed by atoms with Gasteiger partial charge in [-0.05, 0) is 19.9 Å². The monoisotopic (exact) mass is 301 g/mol. The van der Waals surface area contributed by atoms with Crippen LogP contribution >= 0.6 is 0 Å². The third kappa shape index (κ3) is 5.61. The van der Waals surface area contributed by atoms with Crippen molar-refractivity contribution in [2.45, 2.75) is 38.0 Å². The van der Waals surface area contributed by atoms with Crippen LogP contribution in [0.4, 0.5) is 0 Å². The molecule has 0 aliphatic carbocycles. The third-order valence-electron chi connectivity index (χ3n) is 4.14. The summed E-state index contributed by atoms with van der Waals surface area (Å²) in [6, 6.07) is 0.948. The van der Waals surface area contributed by atoms with Gasteiger partial charge < -0.3 is 25.0 Å². The van der Waals surface area contributed by atoms with Crippen molar-refractivity contribution in [1.29, 1.82) is 0 Å². The quantitative estimate of drug-likeness (QED) is 0.691. The van der Waals surface area contributed by atoms with Crippen molar-refractivity contribution in [3.8, 4) is 0 Å². The van der Waals surface area contributed by atoms with Gasteiger partial charge in [0.15, 0.2) is 0 Å². The molecule has 2 N–H and O–H groups in total. The molecular formula is C14H27N3O4. The summed E-state index contributed by atoms with van der Waals surface area (Å²) in [4.78, 5) is 23.9. The molecular weight excluding hydrogens is 274 g/mol. The molecule has 7 heteroatoms. The summed E-state index contributed by atoms with van der Waals surface area (Å²) < 4.78 is 5.53. The number of methoxy groups -OCH3 is 1. The lowest BCUT2D eigenvalue weighted by atomic mass is 10.0. The van der Waals surface area contributed by atoms with E-state index in [1.54, 1.807) is 14.0 Å². The molecule has 0 spiro atoms. The Balaban J connectivity index is 0.000000677. The molecule has 0 bridgehead atoms. The molecule has 2 heterocycles. The fourth-order valence-corrected chi connectivity index (χ4v) is 3.02. The predicted molar refractivity (Wildman–Crippen MR) is 79.2 cm³/mol. The van der Waals surface area contributed by atoms with E-state index in [2.05, 4.69) is 17.3 Å². The van der Waals surface area contributed by atoms with Crippen LogP contribution in [0, 0.1) is 0 Å². The number of hydrogen-bond acceptors (Lipinski definition) is 5. The Kier molecular flexibility index (Phi) is 7.63. The minimum absolute atomic E-state index is 0.198. The first-order valence-electron chi connectivity index (χ1n) is 7.32. The van der Waals surface area contributed by atoms with Crippen LogP contribution < -0.4 is 5.32 Å². The van der Waals surface area contributed by atoms with Crippen molar-refractivity contribution in [2.75, 3.05) is 40.3 Å².